The number of carbonyl (C=O) groups excluding carboxylic acids is 1. The number of H-pyrrole nitrogens is 1. The minimum Gasteiger partial charge on any atom is -0.334 e. The van der Waals surface area contributed by atoms with Crippen molar-refractivity contribution in [2.45, 2.75) is 6.04 Å². The first-order valence-electron chi connectivity index (χ1n) is 7.02. The highest BCUT2D eigenvalue weighted by Gasteiger charge is 2.32. The number of carbonyl (C=O) groups is 1. The zero-order valence-electron chi connectivity index (χ0n) is 11.9. The van der Waals surface area contributed by atoms with Gasteiger partial charge in [-0.25, -0.2) is 9.48 Å². The van der Waals surface area contributed by atoms with Gasteiger partial charge in [0.2, 0.25) is 0 Å². The number of benzene rings is 1. The Kier molecular flexibility index (Phi) is 3.04. The first kappa shape index (κ1) is 13.4. The zero-order chi connectivity index (χ0) is 15.8. The highest BCUT2D eigenvalue weighted by molar-refractivity contribution is 5.95. The third kappa shape index (κ3) is 2.41. The van der Waals surface area contributed by atoms with Gasteiger partial charge in [0.1, 0.15) is 0 Å². The van der Waals surface area contributed by atoms with E-state index in [2.05, 4.69) is 25.0 Å². The average molecular weight is 312 g/mol. The molecule has 2 aromatic heterocycles. The van der Waals surface area contributed by atoms with Gasteiger partial charge in [0.05, 0.1) is 12.2 Å². The summed E-state index contributed by atoms with van der Waals surface area (Å²) in [4.78, 5) is 27.5. The van der Waals surface area contributed by atoms with E-state index in [1.807, 2.05) is 0 Å². The number of amides is 1. The Bertz CT molecular complexity index is 874. The quantitative estimate of drug-likeness (QED) is 0.745. The van der Waals surface area contributed by atoms with Crippen LogP contribution in [-0.2, 0) is 0 Å². The fraction of sp³-hybridized carbons (Fsp3) is 0.214. The maximum atomic E-state index is 12.4. The summed E-state index contributed by atoms with van der Waals surface area (Å²) < 4.78 is 6.22. The first-order valence-corrected chi connectivity index (χ1v) is 7.02. The average Bonchev–Trinajstić information content (AvgIpc) is 3.18. The number of nitrogens with one attached hydrogen (secondary N) is 1. The van der Waals surface area contributed by atoms with Crippen molar-refractivity contribution in [3.63, 3.8) is 0 Å². The molecule has 4 rings (SSSR count). The lowest BCUT2D eigenvalue weighted by Crippen LogP contribution is -2.50. The molecule has 1 saturated heterocycles. The molecule has 1 aliphatic rings. The molecule has 0 aliphatic carbocycles. The molecule has 1 fully saturated rings. The van der Waals surface area contributed by atoms with Crippen molar-refractivity contribution in [2.75, 3.05) is 13.1 Å². The van der Waals surface area contributed by atoms with Gasteiger partial charge in [-0.1, -0.05) is 22.5 Å². The molecule has 0 radical (unpaired) electrons. The second-order valence-corrected chi connectivity index (χ2v) is 5.27. The first-order chi connectivity index (χ1) is 11.2. The summed E-state index contributed by atoms with van der Waals surface area (Å²) in [5, 5.41) is 11.3. The maximum Gasteiger partial charge on any atom is 0.439 e. The van der Waals surface area contributed by atoms with Crippen LogP contribution in [0.5, 0.6) is 0 Å². The van der Waals surface area contributed by atoms with Crippen LogP contribution in [0.3, 0.4) is 0 Å². The van der Waals surface area contributed by atoms with Crippen LogP contribution in [0.1, 0.15) is 16.4 Å². The minimum absolute atomic E-state index is 0.0402. The Hall–Kier alpha value is -3.23. The van der Waals surface area contributed by atoms with E-state index >= 15 is 0 Å². The van der Waals surface area contributed by atoms with E-state index in [4.69, 9.17) is 0 Å². The predicted octanol–water partition coefficient (Wildman–Crippen LogP) is 0.319. The number of aromatic nitrogens is 5. The van der Waals surface area contributed by atoms with E-state index < -0.39 is 5.76 Å². The highest BCUT2D eigenvalue weighted by atomic mass is 16.5. The van der Waals surface area contributed by atoms with Gasteiger partial charge in [-0.15, -0.1) is 5.10 Å². The molecule has 116 valence electrons. The third-order valence-electron chi connectivity index (χ3n) is 3.81. The molecule has 3 heterocycles. The molecule has 0 spiro atoms. The number of hydrogen-bond donors (Lipinski definition) is 1. The lowest BCUT2D eigenvalue weighted by molar-refractivity contribution is 0.0498. The van der Waals surface area contributed by atoms with Gasteiger partial charge in [-0.2, -0.15) is 0 Å². The Morgan fingerprint density at radius 3 is 2.65 bits per heavy atom. The number of hydrogen-bond acceptors (Lipinski definition) is 6. The molecule has 23 heavy (non-hydrogen) atoms. The van der Waals surface area contributed by atoms with Crippen LogP contribution in [0.4, 0.5) is 0 Å². The summed E-state index contributed by atoms with van der Waals surface area (Å²) >= 11 is 0. The molecule has 1 amide bonds. The Morgan fingerprint density at radius 1 is 1.26 bits per heavy atom. The highest BCUT2D eigenvalue weighted by Crippen LogP contribution is 2.23. The Labute approximate surface area is 129 Å². The third-order valence-corrected chi connectivity index (χ3v) is 3.81. The molecule has 0 bridgehead atoms. The van der Waals surface area contributed by atoms with Gasteiger partial charge < -0.3 is 4.90 Å². The monoisotopic (exact) mass is 312 g/mol. The Balaban J connectivity index is 1.44. The van der Waals surface area contributed by atoms with Crippen molar-refractivity contribution in [1.82, 2.24) is 30.0 Å². The summed E-state index contributed by atoms with van der Waals surface area (Å²) in [6.07, 6.45) is 3.41. The lowest BCUT2D eigenvalue weighted by Gasteiger charge is -2.38. The van der Waals surface area contributed by atoms with Crippen LogP contribution in [-0.4, -0.2) is 49.0 Å². The second kappa shape index (κ2) is 5.20. The van der Waals surface area contributed by atoms with Crippen molar-refractivity contribution in [3.05, 3.63) is 52.8 Å². The van der Waals surface area contributed by atoms with Crippen LogP contribution in [0.25, 0.3) is 11.4 Å². The summed E-state index contributed by atoms with van der Waals surface area (Å²) in [7, 11) is 0. The minimum atomic E-state index is -0.611. The lowest BCUT2D eigenvalue weighted by atomic mass is 10.1. The summed E-state index contributed by atoms with van der Waals surface area (Å²) in [5.41, 5.74) is 1.26. The number of likely N-dealkylation sites (tertiary alicyclic amines) is 1. The molecule has 1 N–H and O–H groups in total. The summed E-state index contributed by atoms with van der Waals surface area (Å²) in [6, 6.07) is 7.02. The predicted molar refractivity (Wildman–Crippen MR) is 77.5 cm³/mol. The molecular weight excluding hydrogens is 300 g/mol. The van der Waals surface area contributed by atoms with Crippen LogP contribution < -0.4 is 5.76 Å². The molecule has 0 atom stereocenters. The smallest absolute Gasteiger partial charge is 0.334 e. The number of rotatable bonds is 3. The second-order valence-electron chi connectivity index (χ2n) is 5.27. The topological polar surface area (TPSA) is 110 Å². The van der Waals surface area contributed by atoms with Gasteiger partial charge >= 0.3 is 5.76 Å². The standard InChI is InChI=1S/C14H12N6O3/c21-13(19-7-11(8-19)20-6-5-15-18-20)10-3-1-9(2-4-10)12-16-14(22)23-17-12/h1-6,11H,7-8H2,(H,16,17,22). The van der Waals surface area contributed by atoms with E-state index in [1.165, 1.54) is 0 Å². The molecule has 3 aromatic rings. The number of aromatic amines is 1. The Morgan fingerprint density at radius 2 is 2.04 bits per heavy atom. The van der Waals surface area contributed by atoms with E-state index in [-0.39, 0.29) is 11.9 Å². The van der Waals surface area contributed by atoms with E-state index in [0.717, 1.165) is 0 Å². The van der Waals surface area contributed by atoms with Crippen LogP contribution in [0, 0.1) is 0 Å². The van der Waals surface area contributed by atoms with Gasteiger partial charge in [0, 0.05) is 30.4 Å². The molecule has 9 nitrogen and oxygen atoms in total. The zero-order valence-corrected chi connectivity index (χ0v) is 11.9. The SMILES string of the molecule is O=C(c1ccc(-c2noc(=O)[nH]2)cc1)N1CC(n2ccnn2)C1. The molecular formula is C14H12N6O3. The number of nitrogens with zero attached hydrogens (tertiary/aromatic N) is 5. The molecule has 0 unspecified atom stereocenters. The van der Waals surface area contributed by atoms with Crippen molar-refractivity contribution in [1.29, 1.82) is 0 Å². The van der Waals surface area contributed by atoms with E-state index in [9.17, 15) is 9.59 Å². The molecule has 1 aliphatic heterocycles. The maximum absolute atomic E-state index is 12.4. The van der Waals surface area contributed by atoms with Crippen LogP contribution >= 0.6 is 0 Å². The fourth-order valence-electron chi connectivity index (χ4n) is 2.51. The van der Waals surface area contributed by atoms with Crippen LogP contribution in [0.15, 0.2) is 46.0 Å². The molecule has 1 aromatic carbocycles. The van der Waals surface area contributed by atoms with Crippen molar-refractivity contribution >= 4 is 5.91 Å². The normalized spacial score (nSPS) is 14.7. The van der Waals surface area contributed by atoms with E-state index in [1.54, 1.807) is 46.2 Å². The van der Waals surface area contributed by atoms with Crippen molar-refractivity contribution in [2.24, 2.45) is 0 Å². The van der Waals surface area contributed by atoms with Gasteiger partial charge in [-0.3, -0.25) is 14.3 Å². The van der Waals surface area contributed by atoms with Crippen molar-refractivity contribution < 1.29 is 9.32 Å². The largest absolute Gasteiger partial charge is 0.439 e. The van der Waals surface area contributed by atoms with E-state index in [0.29, 0.717) is 30.0 Å². The van der Waals surface area contributed by atoms with Crippen molar-refractivity contribution in [3.8, 4) is 11.4 Å². The summed E-state index contributed by atoms with van der Waals surface area (Å²) in [6.45, 7) is 1.22. The fourth-order valence-corrected chi connectivity index (χ4v) is 2.51. The molecule has 0 saturated carbocycles. The van der Waals surface area contributed by atoms with Crippen LogP contribution in [0.2, 0.25) is 0 Å². The van der Waals surface area contributed by atoms with Gasteiger partial charge in [0.15, 0.2) is 5.82 Å². The van der Waals surface area contributed by atoms with Gasteiger partial charge in [-0.05, 0) is 12.1 Å². The summed E-state index contributed by atoms with van der Waals surface area (Å²) in [5.74, 6) is -0.314. The van der Waals surface area contributed by atoms with Gasteiger partial charge in [0.25, 0.3) is 5.91 Å². The molecule has 9 heteroatoms.